The van der Waals surface area contributed by atoms with Crippen LogP contribution in [-0.2, 0) is 6.54 Å². The number of benzene rings is 1. The molecule has 0 aliphatic rings. The summed E-state index contributed by atoms with van der Waals surface area (Å²) in [7, 11) is 1.68. The molecule has 126 valence electrons. The molecule has 1 aromatic carbocycles. The van der Waals surface area contributed by atoms with Gasteiger partial charge in [-0.1, -0.05) is 0 Å². The highest BCUT2D eigenvalue weighted by atomic mass is 32.1. The lowest BCUT2D eigenvalue weighted by atomic mass is 10.2. The lowest BCUT2D eigenvalue weighted by molar-refractivity contribution is -0.693. The SMILES string of the molecule is COc1ccc(C[n+]2ccn3c(-c4ncc(C)s4)ncc3c2C)cc1. The predicted molar refractivity (Wildman–Crippen MR) is 98.1 cm³/mol. The number of rotatable bonds is 4. The van der Waals surface area contributed by atoms with Crippen LogP contribution >= 0.6 is 11.3 Å². The van der Waals surface area contributed by atoms with E-state index in [0.29, 0.717) is 0 Å². The fraction of sp³-hybridized carbons (Fsp3) is 0.211. The van der Waals surface area contributed by atoms with E-state index in [-0.39, 0.29) is 0 Å². The molecular weight excluding hydrogens is 332 g/mol. The molecule has 0 aliphatic heterocycles. The van der Waals surface area contributed by atoms with E-state index in [1.807, 2.05) is 24.5 Å². The molecule has 0 saturated carbocycles. The Morgan fingerprint density at radius 3 is 2.60 bits per heavy atom. The Hall–Kier alpha value is -2.73. The van der Waals surface area contributed by atoms with Gasteiger partial charge in [0.1, 0.15) is 11.3 Å². The monoisotopic (exact) mass is 351 g/mol. The van der Waals surface area contributed by atoms with Crippen LogP contribution < -0.4 is 9.30 Å². The quantitative estimate of drug-likeness (QED) is 0.529. The first-order valence-corrected chi connectivity index (χ1v) is 8.89. The minimum absolute atomic E-state index is 0.809. The number of aromatic nitrogens is 4. The first-order valence-electron chi connectivity index (χ1n) is 8.07. The lowest BCUT2D eigenvalue weighted by Gasteiger charge is -2.05. The number of ether oxygens (including phenoxy) is 1. The summed E-state index contributed by atoms with van der Waals surface area (Å²) in [5, 5.41) is 0.949. The van der Waals surface area contributed by atoms with Gasteiger partial charge in [-0.05, 0) is 31.2 Å². The van der Waals surface area contributed by atoms with Gasteiger partial charge in [0.15, 0.2) is 23.6 Å². The van der Waals surface area contributed by atoms with Crippen molar-refractivity contribution in [1.82, 2.24) is 14.4 Å². The Morgan fingerprint density at radius 2 is 1.92 bits per heavy atom. The van der Waals surface area contributed by atoms with Crippen LogP contribution in [0.25, 0.3) is 16.3 Å². The van der Waals surface area contributed by atoms with Gasteiger partial charge in [-0.15, -0.1) is 11.3 Å². The summed E-state index contributed by atoms with van der Waals surface area (Å²) in [5.74, 6) is 1.77. The summed E-state index contributed by atoms with van der Waals surface area (Å²) in [4.78, 5) is 10.2. The van der Waals surface area contributed by atoms with Gasteiger partial charge in [-0.2, -0.15) is 4.57 Å². The van der Waals surface area contributed by atoms with Crippen LogP contribution in [0.5, 0.6) is 5.75 Å². The lowest BCUT2D eigenvalue weighted by Crippen LogP contribution is -2.37. The van der Waals surface area contributed by atoms with Gasteiger partial charge < -0.3 is 4.74 Å². The van der Waals surface area contributed by atoms with Crippen molar-refractivity contribution in [1.29, 1.82) is 0 Å². The van der Waals surface area contributed by atoms with E-state index in [2.05, 4.69) is 57.3 Å². The zero-order valence-corrected chi connectivity index (χ0v) is 15.2. The van der Waals surface area contributed by atoms with Crippen LogP contribution in [0.4, 0.5) is 0 Å². The largest absolute Gasteiger partial charge is 0.497 e. The van der Waals surface area contributed by atoms with Gasteiger partial charge >= 0.3 is 0 Å². The van der Waals surface area contributed by atoms with E-state index in [0.717, 1.165) is 28.6 Å². The Morgan fingerprint density at radius 1 is 1.12 bits per heavy atom. The van der Waals surface area contributed by atoms with Crippen molar-refractivity contribution in [3.05, 3.63) is 65.2 Å². The molecule has 6 heteroatoms. The van der Waals surface area contributed by atoms with Crippen molar-refractivity contribution in [3.63, 3.8) is 0 Å². The molecule has 4 rings (SSSR count). The molecule has 0 aliphatic carbocycles. The molecule has 0 N–H and O–H groups in total. The molecule has 3 heterocycles. The van der Waals surface area contributed by atoms with E-state index >= 15 is 0 Å². The van der Waals surface area contributed by atoms with Crippen LogP contribution in [0.3, 0.4) is 0 Å². The van der Waals surface area contributed by atoms with Crippen molar-refractivity contribution in [2.75, 3.05) is 7.11 Å². The molecule has 5 nitrogen and oxygen atoms in total. The normalized spacial score (nSPS) is 11.2. The Balaban J connectivity index is 1.70. The van der Waals surface area contributed by atoms with E-state index in [1.165, 1.54) is 16.1 Å². The minimum Gasteiger partial charge on any atom is -0.497 e. The average molecular weight is 351 g/mol. The third-order valence-electron chi connectivity index (χ3n) is 4.32. The molecule has 4 aromatic rings. The van der Waals surface area contributed by atoms with Crippen LogP contribution in [0.2, 0.25) is 0 Å². The van der Waals surface area contributed by atoms with Gasteiger partial charge in [0.05, 0.1) is 19.5 Å². The maximum absolute atomic E-state index is 5.22. The summed E-state index contributed by atoms with van der Waals surface area (Å²) >= 11 is 1.66. The maximum atomic E-state index is 5.22. The first kappa shape index (κ1) is 15.8. The molecule has 0 fully saturated rings. The first-order chi connectivity index (χ1) is 12.2. The number of hydrogen-bond acceptors (Lipinski definition) is 4. The zero-order chi connectivity index (χ0) is 17.4. The number of aryl methyl sites for hydroxylation is 2. The molecule has 0 radical (unpaired) electrons. The highest BCUT2D eigenvalue weighted by Gasteiger charge is 2.17. The minimum atomic E-state index is 0.809. The Bertz CT molecular complexity index is 1030. The highest BCUT2D eigenvalue weighted by Crippen LogP contribution is 2.24. The molecule has 0 unspecified atom stereocenters. The number of methoxy groups -OCH3 is 1. The van der Waals surface area contributed by atoms with E-state index < -0.39 is 0 Å². The van der Waals surface area contributed by atoms with Gasteiger partial charge in [0.25, 0.3) is 0 Å². The van der Waals surface area contributed by atoms with Gasteiger partial charge in [-0.3, -0.25) is 4.40 Å². The molecule has 0 atom stereocenters. The van der Waals surface area contributed by atoms with Crippen molar-refractivity contribution in [2.24, 2.45) is 0 Å². The molecule has 0 bridgehead atoms. The van der Waals surface area contributed by atoms with Crippen molar-refractivity contribution in [2.45, 2.75) is 20.4 Å². The summed E-state index contributed by atoms with van der Waals surface area (Å²) in [5.41, 5.74) is 3.50. The van der Waals surface area contributed by atoms with Crippen molar-refractivity contribution >= 4 is 16.9 Å². The van der Waals surface area contributed by atoms with Crippen molar-refractivity contribution < 1.29 is 9.30 Å². The van der Waals surface area contributed by atoms with E-state index in [9.17, 15) is 0 Å². The third kappa shape index (κ3) is 2.89. The number of hydrogen-bond donors (Lipinski definition) is 0. The molecule has 25 heavy (non-hydrogen) atoms. The van der Waals surface area contributed by atoms with Gasteiger partial charge in [0, 0.05) is 23.6 Å². The molecule has 3 aromatic heterocycles. The summed E-state index contributed by atoms with van der Waals surface area (Å²) in [6.07, 6.45) is 7.97. The number of fused-ring (bicyclic) bond motifs is 1. The van der Waals surface area contributed by atoms with Crippen LogP contribution in [-0.4, -0.2) is 21.5 Å². The third-order valence-corrected chi connectivity index (χ3v) is 5.23. The van der Waals surface area contributed by atoms with Crippen LogP contribution in [0.1, 0.15) is 16.1 Å². The maximum Gasteiger partial charge on any atom is 0.204 e. The number of thiazole rings is 1. The van der Waals surface area contributed by atoms with E-state index in [1.54, 1.807) is 18.4 Å². The second-order valence-electron chi connectivity index (χ2n) is 5.97. The molecular formula is C19H19N4OS+. The Kier molecular flexibility index (Phi) is 3.97. The van der Waals surface area contributed by atoms with Crippen molar-refractivity contribution in [3.8, 4) is 16.6 Å². The standard InChI is InChI=1S/C19H19N4OS/c1-13-10-21-19(25-13)18-20-11-17-14(2)22(8-9-23(17)18)12-15-4-6-16(24-3)7-5-15/h4-11H,12H2,1-3H3/q+1. The number of imidazole rings is 1. The molecule has 0 amide bonds. The van der Waals surface area contributed by atoms with Crippen LogP contribution in [0, 0.1) is 13.8 Å². The second-order valence-corrected chi connectivity index (χ2v) is 7.21. The smallest absolute Gasteiger partial charge is 0.204 e. The topological polar surface area (TPSA) is 43.3 Å². The second kappa shape index (κ2) is 6.29. The fourth-order valence-corrected chi connectivity index (χ4v) is 3.66. The average Bonchev–Trinajstić information content (AvgIpc) is 3.24. The summed E-state index contributed by atoms with van der Waals surface area (Å²) < 4.78 is 9.57. The van der Waals surface area contributed by atoms with Crippen LogP contribution in [0.15, 0.2) is 49.1 Å². The number of nitrogens with zero attached hydrogens (tertiary/aromatic N) is 4. The summed E-state index contributed by atoms with van der Waals surface area (Å²) in [6, 6.07) is 8.17. The van der Waals surface area contributed by atoms with E-state index in [4.69, 9.17) is 4.74 Å². The zero-order valence-electron chi connectivity index (χ0n) is 14.4. The Labute approximate surface area is 150 Å². The molecule has 0 saturated heterocycles. The summed E-state index contributed by atoms with van der Waals surface area (Å²) in [6.45, 7) is 4.99. The predicted octanol–water partition coefficient (Wildman–Crippen LogP) is 3.42. The highest BCUT2D eigenvalue weighted by molar-refractivity contribution is 7.14. The molecule has 0 spiro atoms. The van der Waals surface area contributed by atoms with Gasteiger partial charge in [0.2, 0.25) is 5.69 Å². The fourth-order valence-electron chi connectivity index (χ4n) is 2.90. The van der Waals surface area contributed by atoms with Gasteiger partial charge in [-0.25, -0.2) is 9.97 Å².